The predicted molar refractivity (Wildman–Crippen MR) is 49.5 cm³/mol. The van der Waals surface area contributed by atoms with E-state index >= 15 is 0 Å². The van der Waals surface area contributed by atoms with Crippen molar-refractivity contribution in [3.05, 3.63) is 20.6 Å². The molecule has 0 amide bonds. The molecule has 0 aromatic rings. The van der Waals surface area contributed by atoms with Crippen LogP contribution >= 0.6 is 0 Å². The fourth-order valence-corrected chi connectivity index (χ4v) is 3.98. The van der Waals surface area contributed by atoms with E-state index in [4.69, 9.17) is 0 Å². The molecular formula is C11H17Hf. The van der Waals surface area contributed by atoms with Crippen LogP contribution in [0.1, 0.15) is 40.5 Å². The Hall–Kier alpha value is 0.350. The number of hydrogen-bond donors (Lipinski definition) is 0. The Bertz CT molecular complexity index is 238. The van der Waals surface area contributed by atoms with E-state index < -0.39 is 0 Å². The summed E-state index contributed by atoms with van der Waals surface area (Å²) in [5, 5.41) is 0. The molecule has 0 heterocycles. The van der Waals surface area contributed by atoms with E-state index in [1.807, 2.05) is 0 Å². The molecule has 0 unspecified atom stereocenters. The summed E-state index contributed by atoms with van der Waals surface area (Å²) >= 11 is 1.24. The summed E-state index contributed by atoms with van der Waals surface area (Å²) in [6.07, 6.45) is 4.93. The number of rotatable bonds is 1. The third kappa shape index (κ3) is 2.18. The molecule has 0 N–H and O–H groups in total. The SMILES string of the molecule is CCC1=CC(C(C)(C)C)=[C]([Hf])C1. The summed E-state index contributed by atoms with van der Waals surface area (Å²) in [6.45, 7) is 9.20. The molecule has 12 heavy (non-hydrogen) atoms. The zero-order valence-corrected chi connectivity index (χ0v) is 12.1. The van der Waals surface area contributed by atoms with Gasteiger partial charge in [-0.15, -0.1) is 0 Å². The minimum absolute atomic E-state index is 0.369. The van der Waals surface area contributed by atoms with E-state index in [-0.39, 0.29) is 0 Å². The van der Waals surface area contributed by atoms with Gasteiger partial charge in [-0.25, -0.2) is 0 Å². The van der Waals surface area contributed by atoms with E-state index in [0.29, 0.717) is 5.41 Å². The topological polar surface area (TPSA) is 0 Å². The van der Waals surface area contributed by atoms with Gasteiger partial charge in [0.05, 0.1) is 0 Å². The van der Waals surface area contributed by atoms with E-state index in [1.54, 1.807) is 14.5 Å². The van der Waals surface area contributed by atoms with Gasteiger partial charge >= 0.3 is 90.9 Å². The summed E-state index contributed by atoms with van der Waals surface area (Å²) in [5.41, 5.74) is 3.62. The molecule has 1 aliphatic rings. The third-order valence-corrected chi connectivity index (χ3v) is 3.94. The van der Waals surface area contributed by atoms with Crippen molar-refractivity contribution in [3.8, 4) is 0 Å². The fourth-order valence-electron chi connectivity index (χ4n) is 1.56. The molecule has 0 aromatic heterocycles. The number of hydrogen-bond acceptors (Lipinski definition) is 0. The van der Waals surface area contributed by atoms with E-state index in [1.165, 1.54) is 37.2 Å². The normalized spacial score (nSPS) is 18.4. The second-order valence-electron chi connectivity index (χ2n) is 4.48. The van der Waals surface area contributed by atoms with Crippen molar-refractivity contribution >= 4 is 0 Å². The molecule has 0 radical (unpaired) electrons. The van der Waals surface area contributed by atoms with Gasteiger partial charge in [0.1, 0.15) is 0 Å². The van der Waals surface area contributed by atoms with Crippen molar-refractivity contribution in [2.75, 3.05) is 0 Å². The van der Waals surface area contributed by atoms with Gasteiger partial charge in [-0.1, -0.05) is 0 Å². The maximum atomic E-state index is 2.43. The van der Waals surface area contributed by atoms with Crippen molar-refractivity contribution in [3.63, 3.8) is 0 Å². The van der Waals surface area contributed by atoms with Crippen LogP contribution in [-0.4, -0.2) is 0 Å². The molecule has 1 aliphatic carbocycles. The Kier molecular flexibility index (Phi) is 3.14. The van der Waals surface area contributed by atoms with Crippen LogP contribution < -0.4 is 0 Å². The van der Waals surface area contributed by atoms with E-state index in [0.717, 1.165) is 0 Å². The van der Waals surface area contributed by atoms with Gasteiger partial charge in [-0.05, 0) is 0 Å². The van der Waals surface area contributed by atoms with Crippen molar-refractivity contribution < 1.29 is 24.4 Å². The Labute approximate surface area is 90.7 Å². The molecule has 65 valence electrons. The van der Waals surface area contributed by atoms with Crippen molar-refractivity contribution in [2.24, 2.45) is 5.41 Å². The second-order valence-corrected chi connectivity index (χ2v) is 6.64. The Balaban J connectivity index is 2.90. The first-order valence-electron chi connectivity index (χ1n) is 4.60. The van der Waals surface area contributed by atoms with E-state index in [9.17, 15) is 0 Å². The van der Waals surface area contributed by atoms with Gasteiger partial charge in [0.2, 0.25) is 0 Å². The minimum atomic E-state index is 0.369. The van der Waals surface area contributed by atoms with Gasteiger partial charge in [0, 0.05) is 0 Å². The average molecular weight is 328 g/mol. The van der Waals surface area contributed by atoms with Crippen LogP contribution in [0.25, 0.3) is 0 Å². The first kappa shape index (κ1) is 10.4. The molecule has 0 nitrogen and oxygen atoms in total. The Morgan fingerprint density at radius 1 is 1.42 bits per heavy atom. The number of allylic oxidation sites excluding steroid dienone is 4. The molecule has 0 aliphatic heterocycles. The zero-order chi connectivity index (χ0) is 9.35. The standard InChI is InChI=1S/C11H17.Hf/c1-5-9-6-7-10(8-9)11(2,3)4;/h8H,5-6H2,1-4H3;. The molecule has 1 rings (SSSR count). The third-order valence-electron chi connectivity index (χ3n) is 2.34. The maximum absolute atomic E-state index is 2.43. The molecule has 0 atom stereocenters. The monoisotopic (exact) mass is 329 g/mol. The first-order valence-corrected chi connectivity index (χ1v) is 6.39. The van der Waals surface area contributed by atoms with Crippen LogP contribution in [0.5, 0.6) is 0 Å². The molecule has 1 heteroatoms. The quantitative estimate of drug-likeness (QED) is 0.646. The van der Waals surface area contributed by atoms with Crippen LogP contribution in [0.3, 0.4) is 0 Å². The van der Waals surface area contributed by atoms with Crippen LogP contribution in [0.15, 0.2) is 20.6 Å². The Morgan fingerprint density at radius 3 is 2.25 bits per heavy atom. The van der Waals surface area contributed by atoms with Gasteiger partial charge in [0.15, 0.2) is 0 Å². The second kappa shape index (κ2) is 3.61. The summed E-state index contributed by atoms with van der Waals surface area (Å²) in [6, 6.07) is 0. The molecule has 0 fully saturated rings. The molecule has 0 aromatic carbocycles. The van der Waals surface area contributed by atoms with Crippen molar-refractivity contribution in [2.45, 2.75) is 40.5 Å². The Morgan fingerprint density at radius 2 is 2.00 bits per heavy atom. The van der Waals surface area contributed by atoms with Crippen molar-refractivity contribution in [1.82, 2.24) is 0 Å². The average Bonchev–Trinajstić information content (AvgIpc) is 2.29. The van der Waals surface area contributed by atoms with Crippen LogP contribution in [0.2, 0.25) is 0 Å². The van der Waals surface area contributed by atoms with Gasteiger partial charge in [-0.2, -0.15) is 0 Å². The zero-order valence-electron chi connectivity index (χ0n) is 8.49. The summed E-state index contributed by atoms with van der Waals surface area (Å²) in [4.78, 5) is 0. The van der Waals surface area contributed by atoms with Crippen LogP contribution in [-0.2, 0) is 24.4 Å². The van der Waals surface area contributed by atoms with Gasteiger partial charge in [0.25, 0.3) is 0 Å². The van der Waals surface area contributed by atoms with Crippen LogP contribution in [0, 0.1) is 5.41 Å². The molecule has 0 saturated carbocycles. The summed E-state index contributed by atoms with van der Waals surface area (Å²) < 4.78 is 1.71. The molecule has 0 spiro atoms. The van der Waals surface area contributed by atoms with Gasteiger partial charge in [-0.3, -0.25) is 0 Å². The first-order chi connectivity index (χ1) is 5.45. The molecular weight excluding hydrogens is 311 g/mol. The van der Waals surface area contributed by atoms with Crippen molar-refractivity contribution in [1.29, 1.82) is 0 Å². The fraction of sp³-hybridized carbons (Fsp3) is 0.636. The van der Waals surface area contributed by atoms with Crippen LogP contribution in [0.4, 0.5) is 0 Å². The molecule has 0 bridgehead atoms. The van der Waals surface area contributed by atoms with Gasteiger partial charge < -0.3 is 0 Å². The van der Waals surface area contributed by atoms with E-state index in [2.05, 4.69) is 33.8 Å². The molecule has 0 saturated heterocycles. The predicted octanol–water partition coefficient (Wildman–Crippen LogP) is 3.57. The summed E-state index contributed by atoms with van der Waals surface area (Å²) in [5.74, 6) is 0. The summed E-state index contributed by atoms with van der Waals surface area (Å²) in [7, 11) is 0.